The Balaban J connectivity index is 2.19. The van der Waals surface area contributed by atoms with Crippen LogP contribution in [-0.2, 0) is 0 Å². The van der Waals surface area contributed by atoms with Crippen molar-refractivity contribution in [3.05, 3.63) is 26.9 Å². The van der Waals surface area contributed by atoms with Gasteiger partial charge >= 0.3 is 5.69 Å². The number of hydrogen-bond donors (Lipinski definition) is 3. The summed E-state index contributed by atoms with van der Waals surface area (Å²) in [6.45, 7) is 0. The highest BCUT2D eigenvalue weighted by molar-refractivity contribution is 8.00. The predicted octanol–water partition coefficient (Wildman–Crippen LogP) is -0.410. The number of hydrogen-bond acceptors (Lipinski definition) is 4. The van der Waals surface area contributed by atoms with Crippen LogP contribution in [0.2, 0.25) is 0 Å². The molecule has 0 amide bonds. The summed E-state index contributed by atoms with van der Waals surface area (Å²) >= 11 is 1.83. The van der Waals surface area contributed by atoms with Gasteiger partial charge in [0.05, 0.1) is 0 Å². The molecule has 0 aromatic carbocycles. The van der Waals surface area contributed by atoms with E-state index in [9.17, 15) is 9.59 Å². The Kier molecular flexibility index (Phi) is 2.13. The lowest BCUT2D eigenvalue weighted by Gasteiger charge is -2.26. The second kappa shape index (κ2) is 3.29. The number of thioether (sulfide) groups is 1. The van der Waals surface area contributed by atoms with E-state index in [4.69, 9.17) is 0 Å². The summed E-state index contributed by atoms with van der Waals surface area (Å²) in [6.07, 6.45) is 0. The van der Waals surface area contributed by atoms with E-state index >= 15 is 0 Å². The van der Waals surface area contributed by atoms with Crippen molar-refractivity contribution in [3.63, 3.8) is 0 Å². The molecule has 0 spiro atoms. The van der Waals surface area contributed by atoms with E-state index in [2.05, 4.69) is 15.3 Å². The first-order valence-electron chi connectivity index (χ1n) is 3.92. The van der Waals surface area contributed by atoms with E-state index in [-0.39, 0.29) is 5.56 Å². The Bertz CT molecular complexity index is 378. The quantitative estimate of drug-likeness (QED) is 0.605. The second-order valence-corrected chi connectivity index (χ2v) is 3.96. The molecule has 13 heavy (non-hydrogen) atoms. The zero-order valence-corrected chi connectivity index (χ0v) is 7.61. The van der Waals surface area contributed by atoms with Gasteiger partial charge in [-0.2, -0.15) is 11.8 Å². The summed E-state index contributed by atoms with van der Waals surface area (Å²) < 4.78 is 0. The van der Waals surface area contributed by atoms with Crippen molar-refractivity contribution in [1.82, 2.24) is 9.97 Å². The van der Waals surface area contributed by atoms with Gasteiger partial charge in [-0.3, -0.25) is 14.8 Å². The maximum Gasteiger partial charge on any atom is 0.327 e. The van der Waals surface area contributed by atoms with E-state index in [1.165, 1.54) is 6.07 Å². The molecule has 0 unspecified atom stereocenters. The molecule has 0 atom stereocenters. The van der Waals surface area contributed by atoms with Gasteiger partial charge in [-0.1, -0.05) is 0 Å². The molecule has 1 aliphatic rings. The van der Waals surface area contributed by atoms with Gasteiger partial charge in [0, 0.05) is 23.6 Å². The largest absolute Gasteiger partial charge is 0.367 e. The minimum absolute atomic E-state index is 0.377. The molecule has 3 N–H and O–H groups in total. The van der Waals surface area contributed by atoms with Gasteiger partial charge < -0.3 is 5.32 Å². The minimum atomic E-state index is -0.470. The first-order chi connectivity index (χ1) is 6.24. The van der Waals surface area contributed by atoms with E-state index in [1.807, 2.05) is 11.8 Å². The third-order valence-electron chi connectivity index (χ3n) is 1.76. The maximum atomic E-state index is 10.9. The van der Waals surface area contributed by atoms with Gasteiger partial charge in [-0.15, -0.1) is 0 Å². The molecule has 5 nitrogen and oxygen atoms in total. The molecule has 0 saturated carbocycles. The number of aromatic nitrogens is 2. The highest BCUT2D eigenvalue weighted by atomic mass is 32.2. The van der Waals surface area contributed by atoms with Gasteiger partial charge in [-0.05, 0) is 0 Å². The predicted molar refractivity (Wildman–Crippen MR) is 52.4 cm³/mol. The molecule has 1 saturated heterocycles. The highest BCUT2D eigenvalue weighted by Crippen LogP contribution is 2.19. The first-order valence-corrected chi connectivity index (χ1v) is 5.07. The number of rotatable bonds is 2. The van der Waals surface area contributed by atoms with E-state index in [0.29, 0.717) is 11.9 Å². The molecule has 6 heteroatoms. The summed E-state index contributed by atoms with van der Waals surface area (Å²) in [6, 6.07) is 1.73. The third-order valence-corrected chi connectivity index (χ3v) is 3.03. The lowest BCUT2D eigenvalue weighted by Crippen LogP contribution is -2.35. The van der Waals surface area contributed by atoms with Gasteiger partial charge in [0.15, 0.2) is 0 Å². The van der Waals surface area contributed by atoms with Crippen molar-refractivity contribution in [2.24, 2.45) is 0 Å². The minimum Gasteiger partial charge on any atom is -0.367 e. The lowest BCUT2D eigenvalue weighted by molar-refractivity contribution is 0.863. The summed E-state index contributed by atoms with van der Waals surface area (Å²) in [5.74, 6) is 2.54. The van der Waals surface area contributed by atoms with E-state index in [0.717, 1.165) is 11.5 Å². The molecule has 0 bridgehead atoms. The van der Waals surface area contributed by atoms with E-state index < -0.39 is 5.69 Å². The number of nitrogens with one attached hydrogen (secondary N) is 3. The average Bonchev–Trinajstić information content (AvgIpc) is 1.95. The van der Waals surface area contributed by atoms with Crippen molar-refractivity contribution < 1.29 is 0 Å². The Hall–Kier alpha value is -1.17. The van der Waals surface area contributed by atoms with Crippen LogP contribution in [0.15, 0.2) is 15.7 Å². The Labute approximate surface area is 78.0 Å². The molecule has 0 radical (unpaired) electrons. The van der Waals surface area contributed by atoms with Gasteiger partial charge in [0.1, 0.15) is 5.82 Å². The van der Waals surface area contributed by atoms with Crippen molar-refractivity contribution in [2.45, 2.75) is 6.04 Å². The fourth-order valence-electron chi connectivity index (χ4n) is 1.09. The number of aromatic amines is 2. The van der Waals surface area contributed by atoms with Crippen LogP contribution in [-0.4, -0.2) is 27.5 Å². The fraction of sp³-hybridized carbons (Fsp3) is 0.429. The van der Waals surface area contributed by atoms with Crippen LogP contribution >= 0.6 is 11.8 Å². The second-order valence-electron chi connectivity index (χ2n) is 2.88. The molecule has 1 aromatic rings. The molecule has 1 aliphatic heterocycles. The van der Waals surface area contributed by atoms with Crippen molar-refractivity contribution in [2.75, 3.05) is 16.8 Å². The summed E-state index contributed by atoms with van der Waals surface area (Å²) in [5.41, 5.74) is -0.847. The molecule has 70 valence electrons. The molecular weight excluding hydrogens is 190 g/mol. The van der Waals surface area contributed by atoms with E-state index in [1.54, 1.807) is 0 Å². The molecule has 1 fully saturated rings. The summed E-state index contributed by atoms with van der Waals surface area (Å²) in [7, 11) is 0. The lowest BCUT2D eigenvalue weighted by atomic mass is 10.3. The molecule has 0 aliphatic carbocycles. The standard InChI is InChI=1S/C7H9N3O2S/c11-6-1-5(9-7(12)10-6)8-4-2-13-3-4/h1,4H,2-3H2,(H3,8,9,10,11,12). The SMILES string of the molecule is O=c1cc(NC2CSC2)[nH]c(=O)[nH]1. The van der Waals surface area contributed by atoms with Crippen LogP contribution in [0.4, 0.5) is 5.82 Å². The van der Waals surface area contributed by atoms with Crippen molar-refractivity contribution in [1.29, 1.82) is 0 Å². The normalized spacial score (nSPS) is 16.6. The Morgan fingerprint density at radius 2 is 2.15 bits per heavy atom. The zero-order chi connectivity index (χ0) is 9.26. The number of anilines is 1. The van der Waals surface area contributed by atoms with Crippen LogP contribution in [0.5, 0.6) is 0 Å². The van der Waals surface area contributed by atoms with Gasteiger partial charge in [0.2, 0.25) is 0 Å². The molecule has 2 heterocycles. The maximum absolute atomic E-state index is 10.9. The van der Waals surface area contributed by atoms with Gasteiger partial charge in [-0.25, -0.2) is 4.79 Å². The Morgan fingerprint density at radius 3 is 2.69 bits per heavy atom. The van der Waals surface area contributed by atoms with Crippen LogP contribution in [0, 0.1) is 0 Å². The Morgan fingerprint density at radius 1 is 1.38 bits per heavy atom. The molecule has 1 aromatic heterocycles. The van der Waals surface area contributed by atoms with Crippen LogP contribution in [0.3, 0.4) is 0 Å². The summed E-state index contributed by atoms with van der Waals surface area (Å²) in [4.78, 5) is 26.3. The first kappa shape index (κ1) is 8.43. The van der Waals surface area contributed by atoms with Crippen LogP contribution in [0.25, 0.3) is 0 Å². The topological polar surface area (TPSA) is 77.8 Å². The summed E-state index contributed by atoms with van der Waals surface area (Å²) in [5, 5.41) is 3.06. The third kappa shape index (κ3) is 1.95. The van der Waals surface area contributed by atoms with Crippen LogP contribution < -0.4 is 16.6 Å². The monoisotopic (exact) mass is 199 g/mol. The zero-order valence-electron chi connectivity index (χ0n) is 6.79. The smallest absolute Gasteiger partial charge is 0.327 e. The molecular formula is C7H9N3O2S. The van der Waals surface area contributed by atoms with Crippen molar-refractivity contribution in [3.8, 4) is 0 Å². The number of H-pyrrole nitrogens is 2. The van der Waals surface area contributed by atoms with Gasteiger partial charge in [0.25, 0.3) is 5.56 Å². The highest BCUT2D eigenvalue weighted by Gasteiger charge is 2.17. The van der Waals surface area contributed by atoms with Crippen LogP contribution in [0.1, 0.15) is 0 Å². The fourth-order valence-corrected chi connectivity index (χ4v) is 1.72. The average molecular weight is 199 g/mol. The molecule has 2 rings (SSSR count). The van der Waals surface area contributed by atoms with Crippen molar-refractivity contribution >= 4 is 17.6 Å².